The van der Waals surface area contributed by atoms with E-state index in [2.05, 4.69) is 15.6 Å². The largest absolute Gasteiger partial charge is 0.497 e. The van der Waals surface area contributed by atoms with Crippen molar-refractivity contribution in [1.29, 1.82) is 0 Å². The summed E-state index contributed by atoms with van der Waals surface area (Å²) in [6.45, 7) is 1.82. The number of benzene rings is 1. The fraction of sp³-hybridized carbons (Fsp3) is 0.235. The van der Waals surface area contributed by atoms with Gasteiger partial charge in [0.1, 0.15) is 17.5 Å². The zero-order valence-corrected chi connectivity index (χ0v) is 14.0. The molecule has 0 saturated carbocycles. The van der Waals surface area contributed by atoms with Gasteiger partial charge < -0.3 is 25.8 Å². The summed E-state index contributed by atoms with van der Waals surface area (Å²) in [6.07, 6.45) is 1.60. The molecule has 0 saturated heterocycles. The molecule has 1 atom stereocenters. The normalized spacial score (nSPS) is 11.3. The Morgan fingerprint density at radius 3 is 2.40 bits per heavy atom. The molecule has 0 spiro atoms. The van der Waals surface area contributed by atoms with Crippen LogP contribution < -0.4 is 25.8 Å². The molecule has 132 valence electrons. The molecule has 8 nitrogen and oxygen atoms in total. The molecule has 0 aliphatic heterocycles. The number of nitrogens with zero attached hydrogens (tertiary/aromatic N) is 1. The lowest BCUT2D eigenvalue weighted by atomic mass is 10.2. The topological polar surface area (TPSA) is 116 Å². The quantitative estimate of drug-likeness (QED) is 0.705. The molecule has 2 aromatic rings. The molecule has 1 unspecified atom stereocenters. The Kier molecular flexibility index (Phi) is 6.16. The van der Waals surface area contributed by atoms with Gasteiger partial charge >= 0.3 is 6.03 Å². The zero-order valence-electron chi connectivity index (χ0n) is 14.0. The van der Waals surface area contributed by atoms with Gasteiger partial charge in [-0.15, -0.1) is 0 Å². The first-order valence-electron chi connectivity index (χ1n) is 7.58. The average Bonchev–Trinajstić information content (AvgIpc) is 2.61. The van der Waals surface area contributed by atoms with E-state index in [1.165, 1.54) is 0 Å². The van der Waals surface area contributed by atoms with E-state index in [9.17, 15) is 9.59 Å². The minimum atomic E-state index is -0.746. The molecule has 0 fully saturated rings. The van der Waals surface area contributed by atoms with Gasteiger partial charge in [-0.2, -0.15) is 0 Å². The first-order chi connectivity index (χ1) is 12.0. The molecule has 0 radical (unpaired) electrons. The molecule has 0 aliphatic rings. The monoisotopic (exact) mass is 344 g/mol. The van der Waals surface area contributed by atoms with Gasteiger partial charge in [-0.05, 0) is 36.8 Å². The van der Waals surface area contributed by atoms with Crippen LogP contribution in [0.15, 0.2) is 42.6 Å². The summed E-state index contributed by atoms with van der Waals surface area (Å²) in [6, 6.07) is 9.19. The number of aromatic nitrogens is 1. The smallest absolute Gasteiger partial charge is 0.312 e. The zero-order chi connectivity index (χ0) is 18.2. The van der Waals surface area contributed by atoms with Crippen LogP contribution in [0.1, 0.15) is 12.5 Å². The van der Waals surface area contributed by atoms with Crippen molar-refractivity contribution in [3.05, 3.63) is 48.2 Å². The molecule has 0 aliphatic carbocycles. The summed E-state index contributed by atoms with van der Waals surface area (Å²) in [4.78, 5) is 26.7. The van der Waals surface area contributed by atoms with Crippen molar-refractivity contribution in [3.8, 4) is 17.4 Å². The van der Waals surface area contributed by atoms with Crippen LogP contribution in [0.3, 0.4) is 0 Å². The van der Waals surface area contributed by atoms with Crippen LogP contribution in [0, 0.1) is 0 Å². The Morgan fingerprint density at radius 2 is 1.84 bits per heavy atom. The first-order valence-corrected chi connectivity index (χ1v) is 7.58. The van der Waals surface area contributed by atoms with E-state index in [0.29, 0.717) is 11.6 Å². The molecule has 0 bridgehead atoms. The molecule has 8 heteroatoms. The van der Waals surface area contributed by atoms with Crippen LogP contribution >= 0.6 is 0 Å². The third kappa shape index (κ3) is 5.69. The molecular formula is C17H20N4O4. The first kappa shape index (κ1) is 18.1. The van der Waals surface area contributed by atoms with Crippen molar-refractivity contribution >= 4 is 11.9 Å². The summed E-state index contributed by atoms with van der Waals surface area (Å²) < 4.78 is 10.7. The van der Waals surface area contributed by atoms with Crippen LogP contribution in [0.2, 0.25) is 0 Å². The Bertz CT molecular complexity index is 716. The van der Waals surface area contributed by atoms with E-state index in [1.807, 2.05) is 0 Å². The standard InChI is InChI=1S/C17H20N4O4/c1-11(21-17(18)23)16(22)20-10-12-3-8-15(19-9-12)25-14-6-4-13(24-2)5-7-14/h3-9,11H,10H2,1-2H3,(H,20,22)(H3,18,21,23). The Labute approximate surface area is 145 Å². The molecule has 1 heterocycles. The van der Waals surface area contributed by atoms with E-state index in [4.69, 9.17) is 15.2 Å². The highest BCUT2D eigenvalue weighted by atomic mass is 16.5. The molecule has 1 aromatic heterocycles. The number of carbonyl (C=O) groups is 2. The van der Waals surface area contributed by atoms with E-state index < -0.39 is 12.1 Å². The lowest BCUT2D eigenvalue weighted by molar-refractivity contribution is -0.122. The second kappa shape index (κ2) is 8.53. The Balaban J connectivity index is 1.86. The summed E-state index contributed by atoms with van der Waals surface area (Å²) in [7, 11) is 1.60. The van der Waals surface area contributed by atoms with E-state index in [-0.39, 0.29) is 12.5 Å². The lowest BCUT2D eigenvalue weighted by Crippen LogP contribution is -2.46. The second-order valence-corrected chi connectivity index (χ2v) is 5.23. The van der Waals surface area contributed by atoms with Gasteiger partial charge in [0.05, 0.1) is 7.11 Å². The molecule has 25 heavy (non-hydrogen) atoms. The minimum Gasteiger partial charge on any atom is -0.497 e. The van der Waals surface area contributed by atoms with Crippen molar-refractivity contribution in [2.75, 3.05) is 7.11 Å². The van der Waals surface area contributed by atoms with Gasteiger partial charge in [-0.3, -0.25) is 4.79 Å². The van der Waals surface area contributed by atoms with Crippen molar-refractivity contribution in [2.24, 2.45) is 5.73 Å². The molecule has 1 aromatic carbocycles. The number of ether oxygens (including phenoxy) is 2. The van der Waals surface area contributed by atoms with Gasteiger partial charge in [0.15, 0.2) is 0 Å². The maximum atomic E-state index is 11.8. The van der Waals surface area contributed by atoms with Gasteiger partial charge in [-0.1, -0.05) is 6.07 Å². The summed E-state index contributed by atoms with van der Waals surface area (Å²) in [5.41, 5.74) is 5.77. The maximum Gasteiger partial charge on any atom is 0.312 e. The van der Waals surface area contributed by atoms with E-state index >= 15 is 0 Å². The summed E-state index contributed by atoms with van der Waals surface area (Å²) in [5.74, 6) is 1.48. The predicted molar refractivity (Wildman–Crippen MR) is 91.3 cm³/mol. The number of pyridine rings is 1. The third-order valence-electron chi connectivity index (χ3n) is 3.30. The minimum absolute atomic E-state index is 0.277. The van der Waals surface area contributed by atoms with Crippen molar-refractivity contribution in [2.45, 2.75) is 19.5 Å². The fourth-order valence-electron chi connectivity index (χ4n) is 1.96. The van der Waals surface area contributed by atoms with Gasteiger partial charge in [0.25, 0.3) is 0 Å². The molecule has 3 amide bonds. The Morgan fingerprint density at radius 1 is 1.16 bits per heavy atom. The van der Waals surface area contributed by atoms with Gasteiger partial charge in [0.2, 0.25) is 11.8 Å². The van der Waals surface area contributed by atoms with Crippen molar-refractivity contribution < 1.29 is 19.1 Å². The lowest BCUT2D eigenvalue weighted by Gasteiger charge is -2.12. The average molecular weight is 344 g/mol. The molecule has 2 rings (SSSR count). The number of nitrogens with one attached hydrogen (secondary N) is 2. The van der Waals surface area contributed by atoms with Crippen LogP contribution in [0.25, 0.3) is 0 Å². The number of carbonyl (C=O) groups excluding carboxylic acids is 2. The number of hydrogen-bond donors (Lipinski definition) is 3. The summed E-state index contributed by atoms with van der Waals surface area (Å²) >= 11 is 0. The van der Waals surface area contributed by atoms with Crippen LogP contribution in [0.4, 0.5) is 4.79 Å². The van der Waals surface area contributed by atoms with E-state index in [0.717, 1.165) is 11.3 Å². The van der Waals surface area contributed by atoms with Gasteiger partial charge in [0, 0.05) is 18.8 Å². The van der Waals surface area contributed by atoms with Crippen molar-refractivity contribution in [3.63, 3.8) is 0 Å². The van der Waals surface area contributed by atoms with Crippen LogP contribution in [-0.2, 0) is 11.3 Å². The Hall–Kier alpha value is -3.29. The SMILES string of the molecule is COc1ccc(Oc2ccc(CNC(=O)C(C)NC(N)=O)cn2)cc1. The number of urea groups is 1. The number of rotatable bonds is 7. The molecular weight excluding hydrogens is 324 g/mol. The second-order valence-electron chi connectivity index (χ2n) is 5.23. The number of hydrogen-bond acceptors (Lipinski definition) is 5. The number of amides is 3. The van der Waals surface area contributed by atoms with Crippen molar-refractivity contribution in [1.82, 2.24) is 15.6 Å². The van der Waals surface area contributed by atoms with E-state index in [1.54, 1.807) is 56.6 Å². The number of primary amides is 1. The van der Waals surface area contributed by atoms with Gasteiger partial charge in [-0.25, -0.2) is 9.78 Å². The maximum absolute atomic E-state index is 11.8. The predicted octanol–water partition coefficient (Wildman–Crippen LogP) is 1.56. The molecule has 4 N–H and O–H groups in total. The highest BCUT2D eigenvalue weighted by Crippen LogP contribution is 2.22. The summed E-state index contributed by atoms with van der Waals surface area (Å²) in [5, 5.41) is 4.99. The highest BCUT2D eigenvalue weighted by molar-refractivity contribution is 5.86. The number of methoxy groups -OCH3 is 1. The van der Waals surface area contributed by atoms with Crippen LogP contribution in [0.5, 0.6) is 17.4 Å². The fourth-order valence-corrected chi connectivity index (χ4v) is 1.96. The number of nitrogens with two attached hydrogens (primary N) is 1. The van der Waals surface area contributed by atoms with Crippen LogP contribution in [-0.4, -0.2) is 30.1 Å². The highest BCUT2D eigenvalue weighted by Gasteiger charge is 2.13. The third-order valence-corrected chi connectivity index (χ3v) is 3.30.